The van der Waals surface area contributed by atoms with Crippen molar-refractivity contribution in [2.45, 2.75) is 6.42 Å². The van der Waals surface area contributed by atoms with Crippen LogP contribution in [0.15, 0.2) is 48.5 Å². The van der Waals surface area contributed by atoms with E-state index in [0.717, 1.165) is 0 Å². The molecule has 0 bridgehead atoms. The smallest absolute Gasteiger partial charge is 0.227 e. The molecule has 22 heavy (non-hydrogen) atoms. The van der Waals surface area contributed by atoms with Crippen LogP contribution in [0.3, 0.4) is 0 Å². The summed E-state index contributed by atoms with van der Waals surface area (Å²) in [5.74, 6) is 1.01. The van der Waals surface area contributed by atoms with Gasteiger partial charge in [0, 0.05) is 0 Å². The second-order valence-electron chi connectivity index (χ2n) is 4.45. The molecule has 0 saturated heterocycles. The van der Waals surface area contributed by atoms with Crippen LogP contribution in [-0.2, 0) is 4.79 Å². The highest BCUT2D eigenvalue weighted by Crippen LogP contribution is 2.25. The SMILES string of the molecule is COc1ccccc1OCCC(=O)Nc1ccccc1C#N. The first kappa shape index (κ1) is 15.4. The first-order chi connectivity index (χ1) is 10.7. The normalized spacial score (nSPS) is 9.64. The van der Waals surface area contributed by atoms with Gasteiger partial charge in [0.15, 0.2) is 11.5 Å². The number of hydrogen-bond donors (Lipinski definition) is 1. The van der Waals surface area contributed by atoms with Gasteiger partial charge in [-0.2, -0.15) is 5.26 Å². The van der Waals surface area contributed by atoms with Crippen molar-refractivity contribution in [3.8, 4) is 17.6 Å². The highest BCUT2D eigenvalue weighted by molar-refractivity contribution is 5.92. The molecule has 0 aromatic heterocycles. The van der Waals surface area contributed by atoms with Crippen LogP contribution in [0.1, 0.15) is 12.0 Å². The van der Waals surface area contributed by atoms with Crippen LogP contribution in [-0.4, -0.2) is 19.6 Å². The van der Waals surface area contributed by atoms with Crippen molar-refractivity contribution in [2.75, 3.05) is 19.0 Å². The number of carbonyl (C=O) groups is 1. The minimum absolute atomic E-state index is 0.178. The van der Waals surface area contributed by atoms with Crippen molar-refractivity contribution in [1.29, 1.82) is 5.26 Å². The average molecular weight is 296 g/mol. The van der Waals surface area contributed by atoms with E-state index in [1.165, 1.54) is 0 Å². The van der Waals surface area contributed by atoms with Gasteiger partial charge in [0.25, 0.3) is 0 Å². The molecule has 0 aliphatic heterocycles. The van der Waals surface area contributed by atoms with Gasteiger partial charge in [-0.25, -0.2) is 0 Å². The van der Waals surface area contributed by atoms with Gasteiger partial charge in [-0.1, -0.05) is 24.3 Å². The number of hydrogen-bond acceptors (Lipinski definition) is 4. The summed E-state index contributed by atoms with van der Waals surface area (Å²) in [5.41, 5.74) is 0.939. The third kappa shape index (κ3) is 4.00. The second kappa shape index (κ2) is 7.70. The number of nitrogens with one attached hydrogen (secondary N) is 1. The standard InChI is InChI=1S/C17H16N2O3/c1-21-15-8-4-5-9-16(15)22-11-10-17(20)19-14-7-3-2-6-13(14)12-18/h2-9H,10-11H2,1H3,(H,19,20). The van der Waals surface area contributed by atoms with E-state index in [9.17, 15) is 4.79 Å². The number of rotatable bonds is 6. The maximum atomic E-state index is 11.9. The second-order valence-corrected chi connectivity index (χ2v) is 4.45. The molecule has 0 spiro atoms. The lowest BCUT2D eigenvalue weighted by atomic mass is 10.2. The van der Waals surface area contributed by atoms with E-state index >= 15 is 0 Å². The van der Waals surface area contributed by atoms with E-state index < -0.39 is 0 Å². The summed E-state index contributed by atoms with van der Waals surface area (Å²) in [4.78, 5) is 11.9. The van der Waals surface area contributed by atoms with E-state index in [1.54, 1.807) is 43.5 Å². The topological polar surface area (TPSA) is 71.3 Å². The lowest BCUT2D eigenvalue weighted by Crippen LogP contribution is -2.16. The number of benzene rings is 2. The van der Waals surface area contributed by atoms with Gasteiger partial charge in [-0.05, 0) is 24.3 Å². The summed E-state index contributed by atoms with van der Waals surface area (Å²) >= 11 is 0. The number of nitrogens with zero attached hydrogens (tertiary/aromatic N) is 1. The van der Waals surface area contributed by atoms with Crippen molar-refractivity contribution >= 4 is 11.6 Å². The number of methoxy groups -OCH3 is 1. The minimum atomic E-state index is -0.211. The molecule has 5 heteroatoms. The first-order valence-electron chi connectivity index (χ1n) is 6.79. The molecule has 5 nitrogen and oxygen atoms in total. The third-order valence-corrected chi connectivity index (χ3v) is 2.98. The van der Waals surface area contributed by atoms with Gasteiger partial charge in [0.1, 0.15) is 6.07 Å². The first-order valence-corrected chi connectivity index (χ1v) is 6.79. The van der Waals surface area contributed by atoms with Crippen LogP contribution >= 0.6 is 0 Å². The molecular formula is C17H16N2O3. The van der Waals surface area contributed by atoms with E-state index in [0.29, 0.717) is 22.7 Å². The number of para-hydroxylation sites is 3. The van der Waals surface area contributed by atoms with Crippen molar-refractivity contribution in [3.05, 3.63) is 54.1 Å². The minimum Gasteiger partial charge on any atom is -0.493 e. The molecule has 0 radical (unpaired) electrons. The number of nitriles is 1. The van der Waals surface area contributed by atoms with Crippen LogP contribution in [0.25, 0.3) is 0 Å². The molecule has 2 rings (SSSR count). The quantitative estimate of drug-likeness (QED) is 0.889. The molecule has 0 aliphatic carbocycles. The molecule has 0 fully saturated rings. The highest BCUT2D eigenvalue weighted by atomic mass is 16.5. The fourth-order valence-corrected chi connectivity index (χ4v) is 1.89. The van der Waals surface area contributed by atoms with E-state index in [2.05, 4.69) is 5.32 Å². The zero-order valence-electron chi connectivity index (χ0n) is 12.2. The Bertz CT molecular complexity index is 692. The summed E-state index contributed by atoms with van der Waals surface area (Å²) < 4.78 is 10.7. The predicted octanol–water partition coefficient (Wildman–Crippen LogP) is 2.97. The van der Waals surface area contributed by atoms with Crippen molar-refractivity contribution < 1.29 is 14.3 Å². The van der Waals surface area contributed by atoms with Gasteiger partial charge in [0.05, 0.1) is 31.4 Å². The largest absolute Gasteiger partial charge is 0.493 e. The summed E-state index contributed by atoms with van der Waals surface area (Å²) in [7, 11) is 1.56. The average Bonchev–Trinajstić information content (AvgIpc) is 2.55. The molecule has 2 aromatic carbocycles. The summed E-state index contributed by atoms with van der Waals surface area (Å²) in [5, 5.41) is 11.7. The van der Waals surface area contributed by atoms with Crippen LogP contribution in [0.2, 0.25) is 0 Å². The monoisotopic (exact) mass is 296 g/mol. The van der Waals surface area contributed by atoms with Crippen LogP contribution in [0, 0.1) is 11.3 Å². The van der Waals surface area contributed by atoms with Gasteiger partial charge in [0.2, 0.25) is 5.91 Å². The van der Waals surface area contributed by atoms with Gasteiger partial charge in [-0.15, -0.1) is 0 Å². The molecule has 0 aliphatic rings. The third-order valence-electron chi connectivity index (χ3n) is 2.98. The van der Waals surface area contributed by atoms with E-state index in [1.807, 2.05) is 18.2 Å². The Morgan fingerprint density at radius 1 is 1.14 bits per heavy atom. The maximum Gasteiger partial charge on any atom is 0.227 e. The number of anilines is 1. The van der Waals surface area contributed by atoms with Crippen molar-refractivity contribution in [2.24, 2.45) is 0 Å². The van der Waals surface area contributed by atoms with Gasteiger partial charge < -0.3 is 14.8 Å². The van der Waals surface area contributed by atoms with Gasteiger partial charge in [-0.3, -0.25) is 4.79 Å². The Balaban J connectivity index is 1.87. The van der Waals surface area contributed by atoms with Gasteiger partial charge >= 0.3 is 0 Å². The Hall–Kier alpha value is -3.00. The van der Waals surface area contributed by atoms with Crippen LogP contribution in [0.5, 0.6) is 11.5 Å². The number of ether oxygens (including phenoxy) is 2. The summed E-state index contributed by atoms with van der Waals surface area (Å²) in [6.45, 7) is 0.223. The van der Waals surface area contributed by atoms with Crippen LogP contribution in [0.4, 0.5) is 5.69 Å². The molecule has 1 amide bonds. The predicted molar refractivity (Wildman–Crippen MR) is 82.9 cm³/mol. The van der Waals surface area contributed by atoms with E-state index in [-0.39, 0.29) is 18.9 Å². The molecule has 112 valence electrons. The zero-order chi connectivity index (χ0) is 15.8. The highest BCUT2D eigenvalue weighted by Gasteiger charge is 2.08. The lowest BCUT2D eigenvalue weighted by Gasteiger charge is -2.10. The van der Waals surface area contributed by atoms with E-state index in [4.69, 9.17) is 14.7 Å². The number of carbonyl (C=O) groups excluding carboxylic acids is 1. The van der Waals surface area contributed by atoms with Crippen molar-refractivity contribution in [1.82, 2.24) is 0 Å². The van der Waals surface area contributed by atoms with Crippen molar-refractivity contribution in [3.63, 3.8) is 0 Å². The molecule has 1 N–H and O–H groups in total. The Morgan fingerprint density at radius 3 is 2.55 bits per heavy atom. The Labute approximate surface area is 129 Å². The fourth-order valence-electron chi connectivity index (χ4n) is 1.89. The Morgan fingerprint density at radius 2 is 1.82 bits per heavy atom. The maximum absolute atomic E-state index is 11.9. The Kier molecular flexibility index (Phi) is 5.38. The molecule has 0 atom stereocenters. The molecule has 2 aromatic rings. The molecule has 0 saturated carbocycles. The molecular weight excluding hydrogens is 280 g/mol. The van der Waals surface area contributed by atoms with Crippen LogP contribution < -0.4 is 14.8 Å². The number of amides is 1. The summed E-state index contributed by atoms with van der Waals surface area (Å²) in [6, 6.07) is 16.1. The molecule has 0 heterocycles. The lowest BCUT2D eigenvalue weighted by molar-refractivity contribution is -0.116. The zero-order valence-corrected chi connectivity index (χ0v) is 12.2. The molecule has 0 unspecified atom stereocenters. The fraction of sp³-hybridized carbons (Fsp3) is 0.176. The summed E-state index contributed by atoms with van der Waals surface area (Å²) in [6.07, 6.45) is 0.178.